The van der Waals surface area contributed by atoms with Gasteiger partial charge in [0.15, 0.2) is 5.75 Å². The van der Waals surface area contributed by atoms with Gasteiger partial charge in [-0.15, -0.1) is 0 Å². The van der Waals surface area contributed by atoms with Gasteiger partial charge in [-0.25, -0.2) is 0 Å². The Morgan fingerprint density at radius 3 is 2.23 bits per heavy atom. The Labute approximate surface area is 139 Å². The Morgan fingerprint density at radius 1 is 1.14 bits per heavy atom. The van der Waals surface area contributed by atoms with E-state index < -0.39 is 0 Å². The maximum Gasteiger partial charge on any atom is 0.255 e. The van der Waals surface area contributed by atoms with Crippen molar-refractivity contribution in [2.24, 2.45) is 0 Å². The summed E-state index contributed by atoms with van der Waals surface area (Å²) in [4.78, 5) is 12.4. The van der Waals surface area contributed by atoms with E-state index in [0.29, 0.717) is 22.7 Å². The fraction of sp³-hybridized carbons (Fsp3) is 0.188. The van der Waals surface area contributed by atoms with Crippen LogP contribution in [0.4, 0.5) is 11.4 Å². The molecule has 1 amide bonds. The molecule has 0 radical (unpaired) electrons. The molecule has 3 N–H and O–H groups in total. The van der Waals surface area contributed by atoms with E-state index in [9.17, 15) is 4.79 Å². The SMILES string of the molecule is COc1c(Cl)cc(C(=O)Nc2c(C)cc(C)cc2N)cc1Cl. The van der Waals surface area contributed by atoms with E-state index in [2.05, 4.69) is 5.32 Å². The van der Waals surface area contributed by atoms with Gasteiger partial charge in [0, 0.05) is 5.56 Å². The molecule has 2 rings (SSSR count). The molecule has 0 aliphatic heterocycles. The van der Waals surface area contributed by atoms with Gasteiger partial charge in [0.1, 0.15) is 0 Å². The second-order valence-electron chi connectivity index (χ2n) is 4.97. The van der Waals surface area contributed by atoms with Crippen LogP contribution in [0.1, 0.15) is 21.5 Å². The second kappa shape index (κ2) is 6.46. The third-order valence-electron chi connectivity index (χ3n) is 3.21. The third kappa shape index (κ3) is 3.29. The first-order valence-electron chi connectivity index (χ1n) is 6.54. The van der Waals surface area contributed by atoms with Crippen LogP contribution in [0, 0.1) is 13.8 Å². The maximum atomic E-state index is 12.4. The van der Waals surface area contributed by atoms with Crippen molar-refractivity contribution in [3.05, 3.63) is 51.0 Å². The highest BCUT2D eigenvalue weighted by atomic mass is 35.5. The van der Waals surface area contributed by atoms with Gasteiger partial charge < -0.3 is 15.8 Å². The van der Waals surface area contributed by atoms with E-state index in [-0.39, 0.29) is 16.0 Å². The highest BCUT2D eigenvalue weighted by molar-refractivity contribution is 6.37. The molecule has 2 aromatic rings. The normalized spacial score (nSPS) is 10.4. The Balaban J connectivity index is 2.34. The summed E-state index contributed by atoms with van der Waals surface area (Å²) < 4.78 is 5.06. The summed E-state index contributed by atoms with van der Waals surface area (Å²) in [5.74, 6) is -0.00369. The van der Waals surface area contributed by atoms with E-state index in [1.807, 2.05) is 19.9 Å². The van der Waals surface area contributed by atoms with E-state index in [1.54, 1.807) is 6.07 Å². The molecule has 2 aromatic carbocycles. The quantitative estimate of drug-likeness (QED) is 0.812. The Kier molecular flexibility index (Phi) is 4.84. The molecule has 0 unspecified atom stereocenters. The summed E-state index contributed by atoms with van der Waals surface area (Å²) in [6.07, 6.45) is 0. The van der Waals surface area contributed by atoms with Crippen molar-refractivity contribution in [2.75, 3.05) is 18.2 Å². The average molecular weight is 339 g/mol. The van der Waals surface area contributed by atoms with Crippen molar-refractivity contribution >= 4 is 40.5 Å². The minimum Gasteiger partial charge on any atom is -0.494 e. The molecule has 0 saturated carbocycles. The zero-order chi connectivity index (χ0) is 16.4. The number of nitrogen functional groups attached to an aromatic ring is 1. The third-order valence-corrected chi connectivity index (χ3v) is 3.77. The van der Waals surface area contributed by atoms with Crippen molar-refractivity contribution in [3.8, 4) is 5.75 Å². The van der Waals surface area contributed by atoms with Gasteiger partial charge in [0.25, 0.3) is 5.91 Å². The first-order valence-corrected chi connectivity index (χ1v) is 7.30. The minimum atomic E-state index is -0.342. The number of aryl methyl sites for hydroxylation is 2. The molecule has 22 heavy (non-hydrogen) atoms. The van der Waals surface area contributed by atoms with Gasteiger partial charge in [0.05, 0.1) is 28.5 Å². The van der Waals surface area contributed by atoms with Gasteiger partial charge in [-0.05, 0) is 43.2 Å². The number of carbonyl (C=O) groups excluding carboxylic acids is 1. The average Bonchev–Trinajstić information content (AvgIpc) is 2.42. The van der Waals surface area contributed by atoms with Crippen molar-refractivity contribution in [1.29, 1.82) is 0 Å². The fourth-order valence-electron chi connectivity index (χ4n) is 2.24. The molecule has 4 nitrogen and oxygen atoms in total. The number of ether oxygens (including phenoxy) is 1. The predicted molar refractivity (Wildman–Crippen MR) is 91.3 cm³/mol. The number of nitrogens with two attached hydrogens (primary N) is 1. The van der Waals surface area contributed by atoms with Crippen LogP contribution in [-0.2, 0) is 0 Å². The lowest BCUT2D eigenvalue weighted by Crippen LogP contribution is -2.14. The van der Waals surface area contributed by atoms with Crippen LogP contribution >= 0.6 is 23.2 Å². The summed E-state index contributed by atoms with van der Waals surface area (Å²) in [7, 11) is 1.46. The number of methoxy groups -OCH3 is 1. The molecule has 0 fully saturated rings. The topological polar surface area (TPSA) is 64.3 Å². The minimum absolute atomic E-state index is 0.272. The number of amides is 1. The Morgan fingerprint density at radius 2 is 1.73 bits per heavy atom. The summed E-state index contributed by atoms with van der Waals surface area (Å²) in [5, 5.41) is 3.34. The fourth-order valence-corrected chi connectivity index (χ4v) is 2.88. The molecule has 0 atom stereocenters. The summed E-state index contributed by atoms with van der Waals surface area (Å²) in [5.41, 5.74) is 9.31. The molecule has 0 bridgehead atoms. The van der Waals surface area contributed by atoms with Crippen LogP contribution in [0.5, 0.6) is 5.75 Å². The van der Waals surface area contributed by atoms with E-state index in [4.69, 9.17) is 33.7 Å². The summed E-state index contributed by atoms with van der Waals surface area (Å²) in [6, 6.07) is 6.75. The number of hydrogen-bond acceptors (Lipinski definition) is 3. The Bertz CT molecular complexity index is 699. The van der Waals surface area contributed by atoms with Gasteiger partial charge in [-0.3, -0.25) is 4.79 Å². The number of nitrogens with one attached hydrogen (secondary N) is 1. The van der Waals surface area contributed by atoms with E-state index in [0.717, 1.165) is 11.1 Å². The van der Waals surface area contributed by atoms with Crippen molar-refractivity contribution in [3.63, 3.8) is 0 Å². The highest BCUT2D eigenvalue weighted by Gasteiger charge is 2.15. The second-order valence-corrected chi connectivity index (χ2v) is 5.79. The summed E-state index contributed by atoms with van der Waals surface area (Å²) in [6.45, 7) is 3.82. The lowest BCUT2D eigenvalue weighted by Gasteiger charge is -2.13. The van der Waals surface area contributed by atoms with Crippen molar-refractivity contribution in [2.45, 2.75) is 13.8 Å². The van der Waals surface area contributed by atoms with Crippen molar-refractivity contribution in [1.82, 2.24) is 0 Å². The predicted octanol–water partition coefficient (Wildman–Crippen LogP) is 4.45. The van der Waals surface area contributed by atoms with Gasteiger partial charge >= 0.3 is 0 Å². The molecule has 0 aromatic heterocycles. The highest BCUT2D eigenvalue weighted by Crippen LogP contribution is 2.34. The zero-order valence-electron chi connectivity index (χ0n) is 12.5. The van der Waals surface area contributed by atoms with Crippen LogP contribution in [0.3, 0.4) is 0 Å². The zero-order valence-corrected chi connectivity index (χ0v) is 14.0. The van der Waals surface area contributed by atoms with Gasteiger partial charge in [-0.1, -0.05) is 29.3 Å². The van der Waals surface area contributed by atoms with E-state index in [1.165, 1.54) is 19.2 Å². The van der Waals surface area contributed by atoms with Crippen LogP contribution in [0.15, 0.2) is 24.3 Å². The number of rotatable bonds is 3. The van der Waals surface area contributed by atoms with Crippen LogP contribution in [-0.4, -0.2) is 13.0 Å². The van der Waals surface area contributed by atoms with Crippen molar-refractivity contribution < 1.29 is 9.53 Å². The number of anilines is 2. The lowest BCUT2D eigenvalue weighted by molar-refractivity contribution is 0.102. The largest absolute Gasteiger partial charge is 0.494 e. The lowest BCUT2D eigenvalue weighted by atomic mass is 10.1. The molecule has 0 saturated heterocycles. The molecule has 6 heteroatoms. The molecule has 0 heterocycles. The molecule has 0 aliphatic rings. The molecule has 116 valence electrons. The van der Waals surface area contributed by atoms with E-state index >= 15 is 0 Å². The first-order chi connectivity index (χ1) is 10.3. The number of carbonyl (C=O) groups is 1. The monoisotopic (exact) mass is 338 g/mol. The summed E-state index contributed by atoms with van der Waals surface area (Å²) >= 11 is 12.1. The first kappa shape index (κ1) is 16.5. The van der Waals surface area contributed by atoms with Crippen LogP contribution in [0.25, 0.3) is 0 Å². The molecule has 0 aliphatic carbocycles. The van der Waals surface area contributed by atoms with Crippen LogP contribution < -0.4 is 15.8 Å². The number of halogens is 2. The maximum absolute atomic E-state index is 12.4. The van der Waals surface area contributed by atoms with Gasteiger partial charge in [0.2, 0.25) is 0 Å². The molecular weight excluding hydrogens is 323 g/mol. The Hall–Kier alpha value is -1.91. The molecular formula is C16H16Cl2N2O2. The number of hydrogen-bond donors (Lipinski definition) is 2. The van der Waals surface area contributed by atoms with Gasteiger partial charge in [-0.2, -0.15) is 0 Å². The smallest absolute Gasteiger partial charge is 0.255 e. The number of benzene rings is 2. The molecule has 0 spiro atoms. The van der Waals surface area contributed by atoms with Crippen LogP contribution in [0.2, 0.25) is 10.0 Å². The standard InChI is InChI=1S/C16H16Cl2N2O2/c1-8-4-9(2)14(13(19)5-8)20-16(21)10-6-11(17)15(22-3)12(18)7-10/h4-7H,19H2,1-3H3,(H,20,21).